The van der Waals surface area contributed by atoms with Gasteiger partial charge in [0, 0.05) is 47.7 Å². The van der Waals surface area contributed by atoms with E-state index in [0.717, 1.165) is 18.4 Å². The molecule has 1 aliphatic rings. The molecule has 154 valence electrons. The lowest BCUT2D eigenvalue weighted by Gasteiger charge is -2.37. The van der Waals surface area contributed by atoms with Gasteiger partial charge in [0.2, 0.25) is 5.91 Å². The van der Waals surface area contributed by atoms with Crippen molar-refractivity contribution in [3.8, 4) is 11.4 Å². The van der Waals surface area contributed by atoms with E-state index < -0.39 is 0 Å². The highest BCUT2D eigenvalue weighted by Gasteiger charge is 2.23. The second kappa shape index (κ2) is 8.53. The monoisotopic (exact) mass is 402 g/mol. The lowest BCUT2D eigenvalue weighted by atomic mass is 9.96. The van der Waals surface area contributed by atoms with E-state index in [1.807, 2.05) is 24.3 Å². The first-order valence-corrected chi connectivity index (χ1v) is 10.3. The highest BCUT2D eigenvalue weighted by molar-refractivity contribution is 5.91. The van der Waals surface area contributed by atoms with Gasteiger partial charge in [-0.2, -0.15) is 0 Å². The van der Waals surface area contributed by atoms with E-state index in [0.29, 0.717) is 36.2 Å². The first kappa shape index (κ1) is 19.9. The summed E-state index contributed by atoms with van der Waals surface area (Å²) >= 11 is 0. The number of nitrogens with one attached hydrogen (secondary N) is 2. The number of hydrogen-bond donors (Lipinski definition) is 2. The predicted octanol–water partition coefficient (Wildman–Crippen LogP) is 3.92. The highest BCUT2D eigenvalue weighted by atomic mass is 16.1. The van der Waals surface area contributed by atoms with Gasteiger partial charge in [0.1, 0.15) is 5.82 Å². The number of nitrogens with zero attached hydrogens (tertiary/aromatic N) is 2. The number of rotatable bonds is 5. The molecule has 1 unspecified atom stereocenters. The normalized spacial score (nSPS) is 15.5. The lowest BCUT2D eigenvalue weighted by molar-refractivity contribution is -0.116. The Bertz CT molecular complexity index is 1120. The molecule has 0 aliphatic carbocycles. The van der Waals surface area contributed by atoms with Crippen LogP contribution in [0.5, 0.6) is 0 Å². The topological polar surface area (TPSA) is 78.1 Å². The molecule has 3 aromatic rings. The molecule has 4 rings (SSSR count). The molecule has 1 atom stereocenters. The maximum absolute atomic E-state index is 12.6. The third-order valence-electron chi connectivity index (χ3n) is 5.53. The Morgan fingerprint density at radius 2 is 2.03 bits per heavy atom. The van der Waals surface area contributed by atoms with Gasteiger partial charge in [0.15, 0.2) is 0 Å². The minimum absolute atomic E-state index is 0.0342. The third kappa shape index (κ3) is 4.43. The number of aromatic amines is 1. The van der Waals surface area contributed by atoms with Crippen molar-refractivity contribution in [2.45, 2.75) is 39.2 Å². The zero-order valence-corrected chi connectivity index (χ0v) is 17.3. The maximum Gasteiger partial charge on any atom is 0.251 e. The van der Waals surface area contributed by atoms with Gasteiger partial charge in [0.25, 0.3) is 5.56 Å². The fourth-order valence-corrected chi connectivity index (χ4v) is 4.01. The fourth-order valence-electron chi connectivity index (χ4n) is 4.01. The van der Waals surface area contributed by atoms with Crippen molar-refractivity contribution in [2.24, 2.45) is 0 Å². The minimum atomic E-state index is -0.192. The van der Waals surface area contributed by atoms with Crippen LogP contribution in [0, 0.1) is 6.92 Å². The average molecular weight is 402 g/mol. The summed E-state index contributed by atoms with van der Waals surface area (Å²) in [6.07, 6.45) is 2.59. The molecule has 0 saturated carbocycles. The van der Waals surface area contributed by atoms with Crippen molar-refractivity contribution in [1.29, 1.82) is 0 Å². The molecule has 6 heteroatoms. The van der Waals surface area contributed by atoms with Crippen molar-refractivity contribution in [3.05, 3.63) is 76.2 Å². The number of para-hydroxylation sites is 1. The number of aromatic nitrogens is 2. The van der Waals surface area contributed by atoms with E-state index in [2.05, 4.69) is 51.4 Å². The Morgan fingerprint density at radius 3 is 2.87 bits per heavy atom. The zero-order valence-electron chi connectivity index (χ0n) is 17.3. The molecule has 30 heavy (non-hydrogen) atoms. The molecule has 6 nitrogen and oxygen atoms in total. The molecule has 0 radical (unpaired) electrons. The van der Waals surface area contributed by atoms with Crippen LogP contribution in [0.25, 0.3) is 11.4 Å². The SMILES string of the molecule is Cc1cc(=O)[nH]c(-c2cccc(NC(=O)CCN3c4ccccc4CCC3C)c2)n1. The van der Waals surface area contributed by atoms with Gasteiger partial charge < -0.3 is 15.2 Å². The Labute approximate surface area is 176 Å². The fraction of sp³-hybridized carbons (Fsp3) is 0.292. The van der Waals surface area contributed by atoms with Gasteiger partial charge in [-0.1, -0.05) is 30.3 Å². The standard InChI is InChI=1S/C24H26N4O2/c1-16-14-23(30)27-24(25-16)19-7-5-8-20(15-19)26-22(29)12-13-28-17(2)10-11-18-6-3-4-9-21(18)28/h3-9,14-15,17H,10-13H2,1-2H3,(H,26,29)(H,25,27,30). The van der Waals surface area contributed by atoms with Crippen LogP contribution >= 0.6 is 0 Å². The summed E-state index contributed by atoms with van der Waals surface area (Å²) in [7, 11) is 0. The van der Waals surface area contributed by atoms with E-state index in [-0.39, 0.29) is 11.5 Å². The van der Waals surface area contributed by atoms with Crippen LogP contribution in [0.15, 0.2) is 59.4 Å². The second-order valence-electron chi connectivity index (χ2n) is 7.82. The van der Waals surface area contributed by atoms with Crippen molar-refractivity contribution >= 4 is 17.3 Å². The average Bonchev–Trinajstić information content (AvgIpc) is 2.72. The molecule has 1 aromatic heterocycles. The summed E-state index contributed by atoms with van der Waals surface area (Å²) in [5.74, 6) is 0.461. The maximum atomic E-state index is 12.6. The number of amides is 1. The predicted molar refractivity (Wildman–Crippen MR) is 120 cm³/mol. The smallest absolute Gasteiger partial charge is 0.251 e. The number of carbonyl (C=O) groups excluding carboxylic acids is 1. The van der Waals surface area contributed by atoms with Crippen LogP contribution in [-0.4, -0.2) is 28.5 Å². The lowest BCUT2D eigenvalue weighted by Crippen LogP contribution is -2.39. The van der Waals surface area contributed by atoms with Crippen molar-refractivity contribution < 1.29 is 4.79 Å². The molecule has 0 bridgehead atoms. The Morgan fingerprint density at radius 1 is 1.20 bits per heavy atom. The summed E-state index contributed by atoms with van der Waals surface area (Å²) in [4.78, 5) is 33.8. The minimum Gasteiger partial charge on any atom is -0.368 e. The Hall–Kier alpha value is -3.41. The number of hydrogen-bond acceptors (Lipinski definition) is 4. The molecule has 2 heterocycles. The quantitative estimate of drug-likeness (QED) is 0.678. The Kier molecular flexibility index (Phi) is 5.65. The summed E-state index contributed by atoms with van der Waals surface area (Å²) in [6.45, 7) is 4.67. The van der Waals surface area contributed by atoms with Crippen molar-refractivity contribution in [3.63, 3.8) is 0 Å². The number of fused-ring (bicyclic) bond motifs is 1. The van der Waals surface area contributed by atoms with Crippen molar-refractivity contribution in [1.82, 2.24) is 9.97 Å². The third-order valence-corrected chi connectivity index (χ3v) is 5.53. The largest absolute Gasteiger partial charge is 0.368 e. The molecule has 0 fully saturated rings. The summed E-state index contributed by atoms with van der Waals surface area (Å²) < 4.78 is 0. The van der Waals surface area contributed by atoms with E-state index in [9.17, 15) is 9.59 Å². The first-order chi connectivity index (χ1) is 14.5. The molecule has 2 N–H and O–H groups in total. The van der Waals surface area contributed by atoms with Gasteiger partial charge in [0.05, 0.1) is 0 Å². The highest BCUT2D eigenvalue weighted by Crippen LogP contribution is 2.30. The van der Waals surface area contributed by atoms with E-state index in [1.54, 1.807) is 6.92 Å². The van der Waals surface area contributed by atoms with Crippen LogP contribution in [0.2, 0.25) is 0 Å². The van der Waals surface area contributed by atoms with Gasteiger partial charge >= 0.3 is 0 Å². The molecule has 2 aromatic carbocycles. The molecule has 0 saturated heterocycles. The van der Waals surface area contributed by atoms with Crippen molar-refractivity contribution in [2.75, 3.05) is 16.8 Å². The molecular formula is C24H26N4O2. The first-order valence-electron chi connectivity index (χ1n) is 10.3. The summed E-state index contributed by atoms with van der Waals surface area (Å²) in [5, 5.41) is 2.97. The number of H-pyrrole nitrogens is 1. The molecule has 1 amide bonds. The van der Waals surface area contributed by atoms with Crippen LogP contribution in [0.3, 0.4) is 0 Å². The second-order valence-corrected chi connectivity index (χ2v) is 7.82. The Balaban J connectivity index is 1.43. The van der Waals surface area contributed by atoms with Crippen LogP contribution < -0.4 is 15.8 Å². The number of anilines is 2. The van der Waals surface area contributed by atoms with E-state index >= 15 is 0 Å². The molecule has 0 spiro atoms. The van der Waals surface area contributed by atoms with E-state index in [1.165, 1.54) is 17.3 Å². The summed E-state index contributed by atoms with van der Waals surface area (Å²) in [6, 6.07) is 17.7. The number of carbonyl (C=O) groups is 1. The number of aryl methyl sites for hydroxylation is 2. The molecule has 1 aliphatic heterocycles. The van der Waals surface area contributed by atoms with Crippen LogP contribution in [0.1, 0.15) is 31.0 Å². The van der Waals surface area contributed by atoms with Crippen LogP contribution in [-0.2, 0) is 11.2 Å². The van der Waals surface area contributed by atoms with Gasteiger partial charge in [-0.15, -0.1) is 0 Å². The van der Waals surface area contributed by atoms with E-state index in [4.69, 9.17) is 0 Å². The molecular weight excluding hydrogens is 376 g/mol. The summed E-state index contributed by atoms with van der Waals surface area (Å²) in [5.41, 5.74) is 4.49. The van der Waals surface area contributed by atoms with Gasteiger partial charge in [-0.3, -0.25) is 9.59 Å². The number of benzene rings is 2. The van der Waals surface area contributed by atoms with Crippen LogP contribution in [0.4, 0.5) is 11.4 Å². The zero-order chi connectivity index (χ0) is 21.1. The van der Waals surface area contributed by atoms with Gasteiger partial charge in [-0.05, 0) is 50.5 Å². The van der Waals surface area contributed by atoms with Gasteiger partial charge in [-0.25, -0.2) is 4.98 Å².